The molecular weight excluding hydrogens is 1010 g/mol. The number of aliphatic hydroxyl groups excluding tert-OH is 6. The van der Waals surface area contributed by atoms with Gasteiger partial charge in [0.2, 0.25) is 11.8 Å². The molecule has 0 spiro atoms. The fourth-order valence-electron chi connectivity index (χ4n) is 9.98. The first-order chi connectivity index (χ1) is 37.0. The molecule has 5 unspecified atom stereocenters. The highest BCUT2D eigenvalue weighted by Gasteiger charge is 2.44. The molecule has 3 aliphatic heterocycles. The summed E-state index contributed by atoms with van der Waals surface area (Å²) in [7, 11) is 0. The standard InChI is InChI=1S/C55H91N3O19/c1-37-48(67)50(69)43(35-59)76-53(37)72-30-12-6-18-42(63)34-39(16-5-11-27-56-45(64)21-7-13-31-73-54-38(2)49(68)51(70)44(36-60)77-54)52(71)57-28-10-3-4-17-40(61)19-14-32-74-55(25-8-9-26-55)75-33-15-20-41(62)24-29-58-46(65)22-23-47(58)66/h22-23,37-39,43-44,48-51,53-54,59-60,67-70H,3-21,24-36H2,1-2H3,(H,56,64)(H,57,71)/t37-,38?,39+,43?,44?,48+,49+,50-,51?,53?,54+/m0/s1. The lowest BCUT2D eigenvalue weighted by atomic mass is 9.92. The van der Waals surface area contributed by atoms with E-state index in [1.54, 1.807) is 13.8 Å². The van der Waals surface area contributed by atoms with E-state index in [0.717, 1.165) is 37.0 Å². The summed E-state index contributed by atoms with van der Waals surface area (Å²) >= 11 is 0. The van der Waals surface area contributed by atoms with Gasteiger partial charge in [0.1, 0.15) is 41.8 Å². The van der Waals surface area contributed by atoms with Crippen molar-refractivity contribution in [2.45, 2.75) is 217 Å². The van der Waals surface area contributed by atoms with Crippen molar-refractivity contribution >= 4 is 41.0 Å². The molecule has 4 aliphatic rings. The maximum atomic E-state index is 13.5. The quantitative estimate of drug-likeness (QED) is 0.0248. The second-order valence-electron chi connectivity index (χ2n) is 21.2. The van der Waals surface area contributed by atoms with Gasteiger partial charge in [-0.3, -0.25) is 38.5 Å². The van der Waals surface area contributed by atoms with Crippen LogP contribution in [0.3, 0.4) is 0 Å². The van der Waals surface area contributed by atoms with Crippen LogP contribution in [-0.4, -0.2) is 191 Å². The lowest BCUT2D eigenvalue weighted by Gasteiger charge is -2.40. The fourth-order valence-corrected chi connectivity index (χ4v) is 9.98. The average molecular weight is 1100 g/mol. The van der Waals surface area contributed by atoms with E-state index in [4.69, 9.17) is 28.4 Å². The Morgan fingerprint density at radius 3 is 1.64 bits per heavy atom. The Bertz CT molecular complexity index is 1830. The molecule has 4 rings (SSSR count). The van der Waals surface area contributed by atoms with Crippen LogP contribution in [0.15, 0.2) is 12.2 Å². The number of nitrogens with zero attached hydrogens (tertiary/aromatic N) is 1. The molecule has 0 aromatic carbocycles. The van der Waals surface area contributed by atoms with Crippen LogP contribution in [0.25, 0.3) is 0 Å². The summed E-state index contributed by atoms with van der Waals surface area (Å²) in [5, 5.41) is 65.5. The molecule has 1 saturated carbocycles. The molecule has 1 aliphatic carbocycles. The first kappa shape index (κ1) is 65.9. The molecule has 4 amide bonds. The van der Waals surface area contributed by atoms with Crippen LogP contribution in [0.1, 0.15) is 162 Å². The van der Waals surface area contributed by atoms with Crippen LogP contribution in [-0.2, 0) is 62.0 Å². The Morgan fingerprint density at radius 2 is 1.08 bits per heavy atom. The van der Waals surface area contributed by atoms with Gasteiger partial charge >= 0.3 is 0 Å². The highest BCUT2D eigenvalue weighted by Crippen LogP contribution is 2.35. The molecule has 22 nitrogen and oxygen atoms in total. The predicted molar refractivity (Wildman–Crippen MR) is 277 cm³/mol. The first-order valence-electron chi connectivity index (χ1n) is 28.4. The number of imide groups is 1. The normalized spacial score (nSPS) is 26.5. The molecule has 3 heterocycles. The number of unbranched alkanes of at least 4 members (excludes halogenated alkanes) is 5. The predicted octanol–water partition coefficient (Wildman–Crippen LogP) is 2.37. The van der Waals surface area contributed by atoms with Crippen molar-refractivity contribution in [3.8, 4) is 0 Å². The lowest BCUT2D eigenvalue weighted by molar-refractivity contribution is -0.282. The number of nitrogens with one attached hydrogen (secondary N) is 2. The number of hydrogen-bond acceptors (Lipinski definition) is 19. The Kier molecular flexibility index (Phi) is 30.7. The zero-order valence-corrected chi connectivity index (χ0v) is 45.6. The number of carbonyl (C=O) groups excluding carboxylic acids is 7. The van der Waals surface area contributed by atoms with Crippen molar-refractivity contribution < 1.29 is 92.6 Å². The van der Waals surface area contributed by atoms with Crippen molar-refractivity contribution in [1.82, 2.24) is 15.5 Å². The molecule has 3 fully saturated rings. The number of amides is 4. The summed E-state index contributed by atoms with van der Waals surface area (Å²) in [6.07, 6.45) is 6.15. The van der Waals surface area contributed by atoms with E-state index in [2.05, 4.69) is 10.6 Å². The number of ether oxygens (including phenoxy) is 6. The van der Waals surface area contributed by atoms with Crippen LogP contribution in [0.2, 0.25) is 0 Å². The van der Waals surface area contributed by atoms with E-state index in [1.807, 2.05) is 0 Å². The molecule has 22 heteroatoms. The van der Waals surface area contributed by atoms with Crippen LogP contribution < -0.4 is 10.6 Å². The van der Waals surface area contributed by atoms with Gasteiger partial charge in [-0.15, -0.1) is 0 Å². The Morgan fingerprint density at radius 1 is 0.597 bits per heavy atom. The molecule has 2 saturated heterocycles. The number of hydrogen-bond donors (Lipinski definition) is 8. The second kappa shape index (κ2) is 35.9. The maximum Gasteiger partial charge on any atom is 0.253 e. The SMILES string of the molecule is CC1[C@H](OCCCCC(=O)NCCCC[C@H](CC(=O)CCCCOC2OC(CO)[C@H](O)[C@H](O)[C@@H]2C)C(=O)NCCCCCC(=O)CCCOC2(OCCCC(=O)CCN3C(=O)C=CC3=O)CCCC2)OC(CO)C(O)[C@@H]1O. The monoisotopic (exact) mass is 1100 g/mol. The van der Waals surface area contributed by atoms with Crippen molar-refractivity contribution in [3.05, 3.63) is 12.2 Å². The number of Topliss-reactive ketones (excluding diaryl/α,β-unsaturated/α-hetero) is 3. The third-order valence-electron chi connectivity index (χ3n) is 15.0. The number of carbonyl (C=O) groups is 7. The maximum absolute atomic E-state index is 13.5. The van der Waals surface area contributed by atoms with Gasteiger partial charge in [0, 0.05) is 121 Å². The topological polar surface area (TPSA) is 324 Å². The van der Waals surface area contributed by atoms with Crippen LogP contribution >= 0.6 is 0 Å². The zero-order chi connectivity index (χ0) is 56.2. The third-order valence-corrected chi connectivity index (χ3v) is 15.0. The van der Waals surface area contributed by atoms with Crippen LogP contribution in [0, 0.1) is 17.8 Å². The molecule has 0 aromatic rings. The largest absolute Gasteiger partial charge is 0.394 e. The van der Waals surface area contributed by atoms with E-state index in [0.29, 0.717) is 110 Å². The van der Waals surface area contributed by atoms with E-state index in [-0.39, 0.29) is 81.0 Å². The number of rotatable bonds is 41. The number of ketones is 3. The van der Waals surface area contributed by atoms with Gasteiger partial charge in [0.05, 0.1) is 38.6 Å². The highest BCUT2D eigenvalue weighted by molar-refractivity contribution is 6.13. The minimum Gasteiger partial charge on any atom is -0.394 e. The van der Waals surface area contributed by atoms with Gasteiger partial charge in [-0.2, -0.15) is 0 Å². The van der Waals surface area contributed by atoms with Crippen molar-refractivity contribution in [2.75, 3.05) is 59.3 Å². The number of aliphatic hydroxyl groups is 6. The molecule has 0 aromatic heterocycles. The van der Waals surface area contributed by atoms with E-state index in [9.17, 15) is 64.2 Å². The third kappa shape index (κ3) is 23.2. The van der Waals surface area contributed by atoms with Gasteiger partial charge < -0.3 is 69.7 Å². The molecule has 8 N–H and O–H groups in total. The van der Waals surface area contributed by atoms with E-state index >= 15 is 0 Å². The lowest BCUT2D eigenvalue weighted by Crippen LogP contribution is -2.55. The Labute approximate surface area is 453 Å². The van der Waals surface area contributed by atoms with Crippen LogP contribution in [0.4, 0.5) is 0 Å². The molecule has 11 atom stereocenters. The van der Waals surface area contributed by atoms with Gasteiger partial charge in [-0.1, -0.05) is 26.7 Å². The average Bonchev–Trinajstić information content (AvgIpc) is 4.03. The van der Waals surface area contributed by atoms with Gasteiger partial charge in [0.25, 0.3) is 11.8 Å². The minimum atomic E-state index is -1.23. The molecule has 0 radical (unpaired) electrons. The molecule has 0 bridgehead atoms. The fraction of sp³-hybridized carbons (Fsp3) is 0.836. The summed E-state index contributed by atoms with van der Waals surface area (Å²) in [6, 6.07) is 0. The van der Waals surface area contributed by atoms with Crippen molar-refractivity contribution in [1.29, 1.82) is 0 Å². The van der Waals surface area contributed by atoms with Crippen molar-refractivity contribution in [3.63, 3.8) is 0 Å². The second-order valence-corrected chi connectivity index (χ2v) is 21.2. The highest BCUT2D eigenvalue weighted by atomic mass is 16.7. The van der Waals surface area contributed by atoms with Crippen molar-refractivity contribution in [2.24, 2.45) is 17.8 Å². The van der Waals surface area contributed by atoms with Crippen LogP contribution in [0.5, 0.6) is 0 Å². The molecule has 77 heavy (non-hydrogen) atoms. The molecular formula is C55H91N3O19. The van der Waals surface area contributed by atoms with E-state index in [1.165, 1.54) is 12.2 Å². The van der Waals surface area contributed by atoms with Gasteiger partial charge in [0.15, 0.2) is 18.4 Å². The summed E-state index contributed by atoms with van der Waals surface area (Å²) in [4.78, 5) is 88.8. The van der Waals surface area contributed by atoms with Gasteiger partial charge in [-0.25, -0.2) is 0 Å². The Hall–Kier alpha value is -3.65. The minimum absolute atomic E-state index is 0.0484. The van der Waals surface area contributed by atoms with Gasteiger partial charge in [-0.05, 0) is 77.0 Å². The summed E-state index contributed by atoms with van der Waals surface area (Å²) in [6.45, 7) is 4.50. The zero-order valence-electron chi connectivity index (χ0n) is 45.6. The van der Waals surface area contributed by atoms with E-state index < -0.39 is 97.8 Å². The summed E-state index contributed by atoms with van der Waals surface area (Å²) in [5.74, 6) is -3.48. The molecule has 440 valence electrons. The summed E-state index contributed by atoms with van der Waals surface area (Å²) in [5.41, 5.74) is 0. The summed E-state index contributed by atoms with van der Waals surface area (Å²) < 4.78 is 35.0. The smallest absolute Gasteiger partial charge is 0.253 e. The Balaban J connectivity index is 1.10. The first-order valence-corrected chi connectivity index (χ1v) is 28.4.